The molecule has 44 heavy (non-hydrogen) atoms. The highest BCUT2D eigenvalue weighted by Crippen LogP contribution is 2.38. The van der Waals surface area contributed by atoms with Crippen molar-refractivity contribution in [2.45, 2.75) is 30.8 Å². The lowest BCUT2D eigenvalue weighted by atomic mass is 10.1. The zero-order chi connectivity index (χ0) is 31.6. The third-order valence-corrected chi connectivity index (χ3v) is 8.03. The number of carbonyl (C=O) groups excluding carboxylic acids is 1. The largest absolute Gasteiger partial charge is 0.450 e. The summed E-state index contributed by atoms with van der Waals surface area (Å²) in [6.07, 6.45) is -5.51. The Balaban J connectivity index is 1.51. The number of rotatable bonds is 8. The number of carbonyl (C=O) groups is 1. The minimum absolute atomic E-state index is 0.126. The number of pyridine rings is 1. The van der Waals surface area contributed by atoms with E-state index in [1.165, 1.54) is 24.3 Å². The van der Waals surface area contributed by atoms with Crippen LogP contribution in [0.2, 0.25) is 0 Å². The van der Waals surface area contributed by atoms with Crippen molar-refractivity contribution >= 4 is 32.8 Å². The summed E-state index contributed by atoms with van der Waals surface area (Å²) in [5.41, 5.74) is 0.0376. The number of anilines is 1. The second-order valence-electron chi connectivity index (χ2n) is 9.59. The molecule has 0 saturated heterocycles. The van der Waals surface area contributed by atoms with E-state index in [0.717, 1.165) is 36.2 Å². The topological polar surface area (TPSA) is 99.5 Å². The molecular formula is C30H22F5N3O5S. The summed E-state index contributed by atoms with van der Waals surface area (Å²) in [6, 6.07) is 16.3. The second-order valence-corrected chi connectivity index (χ2v) is 11.4. The van der Waals surface area contributed by atoms with Gasteiger partial charge in [-0.2, -0.15) is 13.2 Å². The lowest BCUT2D eigenvalue weighted by Gasteiger charge is -2.13. The first-order valence-electron chi connectivity index (χ1n) is 12.9. The molecule has 5 rings (SSSR count). The maximum absolute atomic E-state index is 15.1. The molecule has 1 N–H and O–H groups in total. The van der Waals surface area contributed by atoms with Crippen LogP contribution in [-0.2, 0) is 16.4 Å². The van der Waals surface area contributed by atoms with Crippen molar-refractivity contribution in [3.05, 3.63) is 108 Å². The predicted molar refractivity (Wildman–Crippen MR) is 150 cm³/mol. The molecule has 0 spiro atoms. The highest BCUT2D eigenvalue weighted by atomic mass is 32.2. The Morgan fingerprint density at radius 1 is 0.977 bits per heavy atom. The molecule has 0 aliphatic carbocycles. The first-order chi connectivity index (χ1) is 20.8. The number of hydrogen-bond acceptors (Lipinski definition) is 6. The standard InChI is InChI=1S/C30H22F5N3O5S/c1-18-7-9-22(10-8-18)44(40,41)38-17-19(11-13-30(33,34)35)26-25(12-14-36-28(26)38)43-27-23(31)15-20(16-24(27)32)37-29(39)42-21-5-3-2-4-6-21/h2-10,12,14-17H,11,13H2,1H3,(H,37,39). The number of nitrogens with one attached hydrogen (secondary N) is 1. The van der Waals surface area contributed by atoms with Crippen LogP contribution < -0.4 is 14.8 Å². The van der Waals surface area contributed by atoms with Gasteiger partial charge in [-0.1, -0.05) is 35.9 Å². The third kappa shape index (κ3) is 6.64. The number of amides is 1. The normalized spacial score (nSPS) is 11.9. The van der Waals surface area contributed by atoms with Gasteiger partial charge in [0.05, 0.1) is 16.0 Å². The number of fused-ring (bicyclic) bond motifs is 1. The van der Waals surface area contributed by atoms with Gasteiger partial charge in [0, 0.05) is 30.9 Å². The van der Waals surface area contributed by atoms with Crippen LogP contribution >= 0.6 is 0 Å². The summed E-state index contributed by atoms with van der Waals surface area (Å²) in [7, 11) is -4.34. The van der Waals surface area contributed by atoms with Gasteiger partial charge in [-0.25, -0.2) is 30.9 Å². The number of aromatic nitrogens is 2. The van der Waals surface area contributed by atoms with Gasteiger partial charge in [0.25, 0.3) is 10.0 Å². The highest BCUT2D eigenvalue weighted by Gasteiger charge is 2.30. The fourth-order valence-electron chi connectivity index (χ4n) is 4.31. The van der Waals surface area contributed by atoms with E-state index in [4.69, 9.17) is 9.47 Å². The molecule has 8 nitrogen and oxygen atoms in total. The SMILES string of the molecule is Cc1ccc(S(=O)(=O)n2cc(CCC(F)(F)F)c3c(Oc4c(F)cc(NC(=O)Oc5ccccc5)cc4F)ccnc32)cc1. The first kappa shape index (κ1) is 30.5. The van der Waals surface area contributed by atoms with Crippen LogP contribution in [0.15, 0.2) is 90.1 Å². The molecule has 0 atom stereocenters. The molecule has 2 aromatic heterocycles. The van der Waals surface area contributed by atoms with Gasteiger partial charge in [0.2, 0.25) is 0 Å². The molecule has 0 aliphatic rings. The molecule has 0 aliphatic heterocycles. The summed E-state index contributed by atoms with van der Waals surface area (Å²) in [5.74, 6) is -3.64. The van der Waals surface area contributed by atoms with Crippen LogP contribution in [0.5, 0.6) is 17.2 Å². The summed E-state index contributed by atoms with van der Waals surface area (Å²) >= 11 is 0. The molecule has 0 bridgehead atoms. The van der Waals surface area contributed by atoms with E-state index in [1.807, 2.05) is 0 Å². The number of aryl methyl sites for hydroxylation is 2. The number of alkyl halides is 3. The number of hydrogen-bond donors (Lipinski definition) is 1. The van der Waals surface area contributed by atoms with E-state index in [9.17, 15) is 26.4 Å². The number of halogens is 5. The van der Waals surface area contributed by atoms with Gasteiger partial charge >= 0.3 is 12.3 Å². The molecule has 228 valence electrons. The molecule has 14 heteroatoms. The Hall–Kier alpha value is -4.98. The third-order valence-electron chi connectivity index (χ3n) is 6.36. The van der Waals surface area contributed by atoms with Crippen molar-refractivity contribution in [3.63, 3.8) is 0 Å². The Bertz CT molecular complexity index is 1920. The second kappa shape index (κ2) is 12.0. The van der Waals surface area contributed by atoms with Crippen LogP contribution in [-0.4, -0.2) is 29.6 Å². The summed E-state index contributed by atoms with van der Waals surface area (Å²) in [4.78, 5) is 16.1. The Labute approximate surface area is 247 Å². The van der Waals surface area contributed by atoms with E-state index in [0.29, 0.717) is 3.97 Å². The zero-order valence-electron chi connectivity index (χ0n) is 22.7. The van der Waals surface area contributed by atoms with Gasteiger partial charge < -0.3 is 9.47 Å². The molecule has 2 heterocycles. The maximum Gasteiger partial charge on any atom is 0.417 e. The lowest BCUT2D eigenvalue weighted by Crippen LogP contribution is -2.17. The van der Waals surface area contributed by atoms with Crippen LogP contribution in [0.3, 0.4) is 0 Å². The van der Waals surface area contributed by atoms with E-state index in [2.05, 4.69) is 10.3 Å². The number of ether oxygens (including phenoxy) is 2. The maximum atomic E-state index is 15.1. The van der Waals surface area contributed by atoms with E-state index < -0.39 is 52.5 Å². The molecule has 0 radical (unpaired) electrons. The average molecular weight is 632 g/mol. The summed E-state index contributed by atoms with van der Waals surface area (Å²) < 4.78 is 108. The fraction of sp³-hybridized carbons (Fsp3) is 0.133. The van der Waals surface area contributed by atoms with E-state index >= 15 is 8.78 Å². The fourth-order valence-corrected chi connectivity index (χ4v) is 5.65. The smallest absolute Gasteiger partial charge is 0.417 e. The Morgan fingerprint density at radius 3 is 2.27 bits per heavy atom. The lowest BCUT2D eigenvalue weighted by molar-refractivity contribution is -0.133. The highest BCUT2D eigenvalue weighted by molar-refractivity contribution is 7.90. The van der Waals surface area contributed by atoms with Crippen LogP contribution in [0.25, 0.3) is 11.0 Å². The minimum Gasteiger partial charge on any atom is -0.450 e. The van der Waals surface area contributed by atoms with Crippen LogP contribution in [0.1, 0.15) is 17.5 Å². The van der Waals surface area contributed by atoms with Gasteiger partial charge in [-0.15, -0.1) is 0 Å². The predicted octanol–water partition coefficient (Wildman–Crippen LogP) is 7.76. The van der Waals surface area contributed by atoms with Gasteiger partial charge in [0.1, 0.15) is 11.5 Å². The van der Waals surface area contributed by atoms with Gasteiger partial charge in [-0.05, 0) is 49.2 Å². The number of para-hydroxylation sites is 1. The zero-order valence-corrected chi connectivity index (χ0v) is 23.5. The molecular weight excluding hydrogens is 609 g/mol. The van der Waals surface area contributed by atoms with Crippen molar-refractivity contribution in [3.8, 4) is 17.2 Å². The number of nitrogens with zero attached hydrogens (tertiary/aromatic N) is 2. The monoisotopic (exact) mass is 631 g/mol. The molecule has 0 saturated carbocycles. The Morgan fingerprint density at radius 2 is 1.64 bits per heavy atom. The van der Waals surface area contributed by atoms with Crippen molar-refractivity contribution in [1.29, 1.82) is 0 Å². The molecule has 3 aromatic carbocycles. The van der Waals surface area contributed by atoms with E-state index in [-0.39, 0.29) is 38.7 Å². The van der Waals surface area contributed by atoms with Crippen molar-refractivity contribution < 1.29 is 44.6 Å². The van der Waals surface area contributed by atoms with Gasteiger partial charge in [0.15, 0.2) is 23.0 Å². The molecule has 0 unspecified atom stereocenters. The van der Waals surface area contributed by atoms with Crippen molar-refractivity contribution in [1.82, 2.24) is 8.96 Å². The quantitative estimate of drug-likeness (QED) is 0.176. The van der Waals surface area contributed by atoms with E-state index in [1.54, 1.807) is 37.3 Å². The molecule has 0 fully saturated rings. The van der Waals surface area contributed by atoms with Crippen LogP contribution in [0.4, 0.5) is 32.4 Å². The average Bonchev–Trinajstić information content (AvgIpc) is 3.35. The van der Waals surface area contributed by atoms with Crippen molar-refractivity contribution in [2.75, 3.05) is 5.32 Å². The first-order valence-corrected chi connectivity index (χ1v) is 14.3. The summed E-state index contributed by atoms with van der Waals surface area (Å²) in [5, 5.41) is 2.01. The van der Waals surface area contributed by atoms with Crippen LogP contribution in [0, 0.1) is 18.6 Å². The Kier molecular flexibility index (Phi) is 8.28. The summed E-state index contributed by atoms with van der Waals surface area (Å²) in [6.45, 7) is 1.75. The van der Waals surface area contributed by atoms with Crippen molar-refractivity contribution in [2.24, 2.45) is 0 Å². The number of benzene rings is 3. The molecule has 1 amide bonds. The van der Waals surface area contributed by atoms with Gasteiger partial charge in [-0.3, -0.25) is 5.32 Å². The molecule has 5 aromatic rings. The minimum atomic E-state index is -4.59.